The van der Waals surface area contributed by atoms with Crippen molar-refractivity contribution < 1.29 is 13.2 Å². The normalized spacial score (nSPS) is 19.2. The van der Waals surface area contributed by atoms with Gasteiger partial charge in [-0.2, -0.15) is 5.10 Å². The molecule has 35 heavy (non-hydrogen) atoms. The van der Waals surface area contributed by atoms with E-state index in [1.54, 1.807) is 12.1 Å². The van der Waals surface area contributed by atoms with Crippen molar-refractivity contribution in [2.45, 2.75) is 50.6 Å². The number of anilines is 2. The Balaban J connectivity index is 1.47. The monoisotopic (exact) mass is 494 g/mol. The molecule has 1 N–H and O–H groups in total. The van der Waals surface area contributed by atoms with Gasteiger partial charge in [0.15, 0.2) is 15.7 Å². The summed E-state index contributed by atoms with van der Waals surface area (Å²) in [7, 11) is -3.33. The summed E-state index contributed by atoms with van der Waals surface area (Å²) in [5.41, 5.74) is 4.12. The molecule has 3 aromatic rings. The highest BCUT2D eigenvalue weighted by atomic mass is 32.2. The minimum absolute atomic E-state index is 0.200. The van der Waals surface area contributed by atoms with Crippen LogP contribution in [0.3, 0.4) is 0 Å². The second kappa shape index (κ2) is 8.75. The Hall–Kier alpha value is -3.27. The number of hydrogen-bond donors (Lipinski definition) is 1. The lowest BCUT2D eigenvalue weighted by Gasteiger charge is -2.38. The maximum absolute atomic E-state index is 12.2. The largest absolute Gasteiger partial charge is 0.366 e. The topological polar surface area (TPSA) is 108 Å². The molecule has 4 heterocycles. The molecule has 1 amide bonds. The molecule has 0 spiro atoms. The van der Waals surface area contributed by atoms with E-state index in [4.69, 9.17) is 4.98 Å². The Bertz CT molecular complexity index is 1420. The number of nitrogens with one attached hydrogen (secondary N) is 1. The molecule has 2 aliphatic heterocycles. The number of nitrogens with zero attached hydrogens (tertiary/aromatic N) is 5. The number of aromatic nitrogens is 3. The highest BCUT2D eigenvalue weighted by Gasteiger charge is 2.35. The first-order chi connectivity index (χ1) is 16.6. The highest BCUT2D eigenvalue weighted by Crippen LogP contribution is 2.32. The van der Waals surface area contributed by atoms with Crippen molar-refractivity contribution in [3.05, 3.63) is 47.3 Å². The molecule has 0 aliphatic carbocycles. The molecule has 184 valence electrons. The molecule has 0 radical (unpaired) electrons. The molecule has 2 saturated heterocycles. The lowest BCUT2D eigenvalue weighted by molar-refractivity contribution is -0.129. The van der Waals surface area contributed by atoms with Gasteiger partial charge in [-0.1, -0.05) is 12.1 Å². The first-order valence-corrected chi connectivity index (χ1v) is 13.8. The molecule has 2 aromatic heterocycles. The van der Waals surface area contributed by atoms with Crippen LogP contribution in [0.4, 0.5) is 11.5 Å². The van der Waals surface area contributed by atoms with Gasteiger partial charge in [-0.05, 0) is 50.5 Å². The Kier molecular flexibility index (Phi) is 5.86. The number of pyridine rings is 1. The van der Waals surface area contributed by atoms with Crippen LogP contribution in [0, 0.1) is 13.8 Å². The fourth-order valence-electron chi connectivity index (χ4n) is 5.31. The molecule has 0 bridgehead atoms. The van der Waals surface area contributed by atoms with Crippen LogP contribution in [0.1, 0.15) is 42.6 Å². The Morgan fingerprint density at radius 3 is 2.74 bits per heavy atom. The van der Waals surface area contributed by atoms with E-state index in [0.717, 1.165) is 59.5 Å². The SMILES string of the molecule is Cc1c([C@@H](C)Nc2nnc(C)c3ncc(N4CCN5C(=O)CC[C@@H]5C4)cc23)cccc1S(C)(=O)=O. The van der Waals surface area contributed by atoms with Crippen LogP contribution in [0.25, 0.3) is 10.9 Å². The van der Waals surface area contributed by atoms with Crippen molar-refractivity contribution in [1.29, 1.82) is 0 Å². The molecular weight excluding hydrogens is 464 g/mol. The van der Waals surface area contributed by atoms with E-state index >= 15 is 0 Å². The van der Waals surface area contributed by atoms with E-state index in [-0.39, 0.29) is 18.0 Å². The maximum atomic E-state index is 12.2. The van der Waals surface area contributed by atoms with Gasteiger partial charge in [-0.15, -0.1) is 5.10 Å². The third kappa shape index (κ3) is 4.31. The Morgan fingerprint density at radius 2 is 1.97 bits per heavy atom. The quantitative estimate of drug-likeness (QED) is 0.577. The predicted octanol–water partition coefficient (Wildman–Crippen LogP) is 3.03. The van der Waals surface area contributed by atoms with E-state index in [1.807, 2.05) is 37.9 Å². The summed E-state index contributed by atoms with van der Waals surface area (Å²) in [6.45, 7) is 7.99. The smallest absolute Gasteiger partial charge is 0.223 e. The standard InChI is InChI=1S/C25H30N6O3S/c1-15-20(6-5-7-22(15)35(4,33)34)16(2)27-25-21-12-19(13-26-24(21)17(3)28-29-25)30-10-11-31-18(14-30)8-9-23(31)32/h5-7,12-13,16,18H,8-11,14H2,1-4H3,(H,27,29)/t16-,18-/m1/s1. The van der Waals surface area contributed by atoms with Crippen molar-refractivity contribution >= 4 is 38.2 Å². The predicted molar refractivity (Wildman–Crippen MR) is 135 cm³/mol. The van der Waals surface area contributed by atoms with Gasteiger partial charge in [0.1, 0.15) is 0 Å². The molecule has 2 aliphatic rings. The van der Waals surface area contributed by atoms with Crippen molar-refractivity contribution in [3.8, 4) is 0 Å². The Morgan fingerprint density at radius 1 is 1.17 bits per heavy atom. The average molecular weight is 495 g/mol. The molecule has 2 atom stereocenters. The molecule has 2 fully saturated rings. The fraction of sp³-hybridized carbons (Fsp3) is 0.440. The van der Waals surface area contributed by atoms with Crippen molar-refractivity contribution in [2.24, 2.45) is 0 Å². The third-order valence-corrected chi connectivity index (χ3v) is 8.42. The number of carbonyl (C=O) groups is 1. The molecule has 9 nitrogen and oxygen atoms in total. The summed E-state index contributed by atoms with van der Waals surface area (Å²) in [6.07, 6.45) is 4.63. The number of amides is 1. The zero-order valence-electron chi connectivity index (χ0n) is 20.4. The van der Waals surface area contributed by atoms with E-state index < -0.39 is 9.84 Å². The van der Waals surface area contributed by atoms with E-state index in [9.17, 15) is 13.2 Å². The highest BCUT2D eigenvalue weighted by molar-refractivity contribution is 7.90. The van der Waals surface area contributed by atoms with Crippen LogP contribution >= 0.6 is 0 Å². The number of benzene rings is 1. The van der Waals surface area contributed by atoms with E-state index in [1.165, 1.54) is 6.26 Å². The summed E-state index contributed by atoms with van der Waals surface area (Å²) < 4.78 is 24.4. The van der Waals surface area contributed by atoms with Gasteiger partial charge in [0.05, 0.1) is 34.0 Å². The van der Waals surface area contributed by atoms with Crippen LogP contribution in [0.5, 0.6) is 0 Å². The second-order valence-corrected chi connectivity index (χ2v) is 11.5. The van der Waals surface area contributed by atoms with Gasteiger partial charge in [0.2, 0.25) is 5.91 Å². The van der Waals surface area contributed by atoms with E-state index in [2.05, 4.69) is 26.5 Å². The minimum Gasteiger partial charge on any atom is -0.366 e. The number of rotatable bonds is 5. The van der Waals surface area contributed by atoms with Crippen LogP contribution in [-0.2, 0) is 14.6 Å². The number of carbonyl (C=O) groups excluding carboxylic acids is 1. The molecular formula is C25H30N6O3S. The Labute approximate surface area is 205 Å². The lowest BCUT2D eigenvalue weighted by Crippen LogP contribution is -2.51. The molecule has 1 aromatic carbocycles. The zero-order valence-corrected chi connectivity index (χ0v) is 21.3. The number of aryl methyl sites for hydroxylation is 1. The average Bonchev–Trinajstić information content (AvgIpc) is 3.20. The molecule has 5 rings (SSSR count). The summed E-state index contributed by atoms with van der Waals surface area (Å²) in [5, 5.41) is 13.0. The van der Waals surface area contributed by atoms with Crippen molar-refractivity contribution in [3.63, 3.8) is 0 Å². The second-order valence-electron chi connectivity index (χ2n) is 9.56. The lowest BCUT2D eigenvalue weighted by atomic mass is 10.0. The minimum atomic E-state index is -3.33. The first kappa shape index (κ1) is 23.5. The third-order valence-electron chi connectivity index (χ3n) is 7.18. The van der Waals surface area contributed by atoms with Crippen LogP contribution in [0.2, 0.25) is 0 Å². The van der Waals surface area contributed by atoms with Gasteiger partial charge in [-0.25, -0.2) is 8.42 Å². The summed E-state index contributed by atoms with van der Waals surface area (Å²) in [6, 6.07) is 7.47. The fourth-order valence-corrected chi connectivity index (χ4v) is 6.31. The number of sulfone groups is 1. The van der Waals surface area contributed by atoms with Crippen LogP contribution in [0.15, 0.2) is 35.4 Å². The van der Waals surface area contributed by atoms with Crippen LogP contribution < -0.4 is 10.2 Å². The van der Waals surface area contributed by atoms with Gasteiger partial charge >= 0.3 is 0 Å². The molecule has 10 heteroatoms. The summed E-state index contributed by atoms with van der Waals surface area (Å²) in [5.74, 6) is 0.860. The summed E-state index contributed by atoms with van der Waals surface area (Å²) in [4.78, 5) is 21.4. The van der Waals surface area contributed by atoms with Crippen molar-refractivity contribution in [2.75, 3.05) is 36.1 Å². The van der Waals surface area contributed by atoms with Crippen molar-refractivity contribution in [1.82, 2.24) is 20.1 Å². The van der Waals surface area contributed by atoms with Gasteiger partial charge in [0, 0.05) is 43.7 Å². The number of fused-ring (bicyclic) bond motifs is 2. The van der Waals surface area contributed by atoms with Gasteiger partial charge in [-0.3, -0.25) is 9.78 Å². The molecule has 0 unspecified atom stereocenters. The number of piperazine rings is 1. The van der Waals surface area contributed by atoms with Crippen LogP contribution in [-0.4, -0.2) is 66.3 Å². The first-order valence-electron chi connectivity index (χ1n) is 11.9. The number of hydrogen-bond acceptors (Lipinski definition) is 8. The van der Waals surface area contributed by atoms with Gasteiger partial charge < -0.3 is 15.1 Å². The van der Waals surface area contributed by atoms with E-state index in [0.29, 0.717) is 17.1 Å². The summed E-state index contributed by atoms with van der Waals surface area (Å²) >= 11 is 0. The maximum Gasteiger partial charge on any atom is 0.223 e. The van der Waals surface area contributed by atoms with Gasteiger partial charge in [0.25, 0.3) is 0 Å². The zero-order chi connectivity index (χ0) is 24.9. The molecule has 0 saturated carbocycles.